The number of hydrogen-bond acceptors (Lipinski definition) is 2. The summed E-state index contributed by atoms with van der Waals surface area (Å²) in [5.74, 6) is -0.0859. The summed E-state index contributed by atoms with van der Waals surface area (Å²) >= 11 is 0. The van der Waals surface area contributed by atoms with E-state index in [-0.39, 0.29) is 11.9 Å². The summed E-state index contributed by atoms with van der Waals surface area (Å²) in [4.78, 5) is 16.9. The normalized spacial score (nSPS) is 11.7. The number of nitrogens with zero attached hydrogens (tertiary/aromatic N) is 1. The van der Waals surface area contributed by atoms with Gasteiger partial charge in [0, 0.05) is 11.8 Å². The minimum atomic E-state index is -0.161. The first kappa shape index (κ1) is 15.0. The van der Waals surface area contributed by atoms with Crippen molar-refractivity contribution in [2.45, 2.75) is 12.5 Å². The second-order valence-corrected chi connectivity index (χ2v) is 5.34. The van der Waals surface area contributed by atoms with Gasteiger partial charge in [0.25, 0.3) is 5.91 Å². The summed E-state index contributed by atoms with van der Waals surface area (Å²) in [6.07, 6.45) is 2.46. The average molecular weight is 302 g/mol. The van der Waals surface area contributed by atoms with E-state index in [1.54, 1.807) is 6.20 Å². The Hall–Kier alpha value is -2.94. The van der Waals surface area contributed by atoms with E-state index >= 15 is 0 Å². The van der Waals surface area contributed by atoms with Crippen molar-refractivity contribution in [1.29, 1.82) is 0 Å². The molecule has 0 aliphatic rings. The number of carbonyl (C=O) groups excluding carboxylic acids is 1. The molecule has 3 aromatic rings. The molecule has 1 N–H and O–H groups in total. The maximum atomic E-state index is 12.5. The van der Waals surface area contributed by atoms with Gasteiger partial charge in [0.05, 0.1) is 11.7 Å². The highest BCUT2D eigenvalue weighted by atomic mass is 16.1. The lowest BCUT2D eigenvalue weighted by molar-refractivity contribution is 0.0935. The third-order valence-electron chi connectivity index (χ3n) is 3.67. The first-order chi connectivity index (χ1) is 11.3. The highest BCUT2D eigenvalue weighted by Crippen LogP contribution is 2.17. The molecule has 1 heterocycles. The molecule has 1 unspecified atom stereocenters. The van der Waals surface area contributed by atoms with Crippen LogP contribution in [-0.2, 0) is 6.42 Å². The predicted molar refractivity (Wildman–Crippen MR) is 91.0 cm³/mol. The van der Waals surface area contributed by atoms with Gasteiger partial charge in [-0.3, -0.25) is 9.78 Å². The summed E-state index contributed by atoms with van der Waals surface area (Å²) < 4.78 is 0. The molecule has 2 aromatic carbocycles. The van der Waals surface area contributed by atoms with E-state index in [0.29, 0.717) is 12.0 Å². The third-order valence-corrected chi connectivity index (χ3v) is 3.67. The molecule has 0 aliphatic carbocycles. The first-order valence-corrected chi connectivity index (χ1v) is 7.64. The van der Waals surface area contributed by atoms with Crippen LogP contribution >= 0.6 is 0 Å². The van der Waals surface area contributed by atoms with Gasteiger partial charge in [-0.2, -0.15) is 0 Å². The molecule has 0 fully saturated rings. The monoisotopic (exact) mass is 302 g/mol. The van der Waals surface area contributed by atoms with Gasteiger partial charge in [0.1, 0.15) is 0 Å². The van der Waals surface area contributed by atoms with Gasteiger partial charge in [0.15, 0.2) is 0 Å². The van der Waals surface area contributed by atoms with Crippen LogP contribution in [0.3, 0.4) is 0 Å². The first-order valence-electron chi connectivity index (χ1n) is 7.64. The number of rotatable bonds is 5. The lowest BCUT2D eigenvalue weighted by Gasteiger charge is -2.18. The Bertz CT molecular complexity index is 742. The van der Waals surface area contributed by atoms with Gasteiger partial charge >= 0.3 is 0 Å². The zero-order valence-corrected chi connectivity index (χ0v) is 12.7. The van der Waals surface area contributed by atoms with Crippen LogP contribution < -0.4 is 5.32 Å². The summed E-state index contributed by atoms with van der Waals surface area (Å²) in [7, 11) is 0. The Morgan fingerprint density at radius 1 is 0.870 bits per heavy atom. The van der Waals surface area contributed by atoms with Crippen molar-refractivity contribution in [3.8, 4) is 0 Å². The summed E-state index contributed by atoms with van der Waals surface area (Å²) in [5, 5.41) is 3.10. The molecule has 1 aromatic heterocycles. The van der Waals surface area contributed by atoms with Crippen molar-refractivity contribution in [2.24, 2.45) is 0 Å². The van der Waals surface area contributed by atoms with E-state index in [1.165, 1.54) is 0 Å². The van der Waals surface area contributed by atoms with Crippen molar-refractivity contribution in [2.75, 3.05) is 0 Å². The Labute approximate surface area is 136 Å². The standard InChI is InChI=1S/C20H18N2O/c23-20(17-11-5-2-6-12-17)22-19(18-13-7-8-14-21-18)15-16-9-3-1-4-10-16/h1-14,19H,15H2,(H,22,23). The van der Waals surface area contributed by atoms with Crippen molar-refractivity contribution >= 4 is 5.91 Å². The fourth-order valence-electron chi connectivity index (χ4n) is 2.49. The Morgan fingerprint density at radius 2 is 1.52 bits per heavy atom. The number of hydrogen-bond donors (Lipinski definition) is 1. The van der Waals surface area contributed by atoms with Crippen molar-refractivity contribution in [3.63, 3.8) is 0 Å². The van der Waals surface area contributed by atoms with Crippen molar-refractivity contribution in [3.05, 3.63) is 102 Å². The topological polar surface area (TPSA) is 42.0 Å². The molecule has 3 nitrogen and oxygen atoms in total. The van der Waals surface area contributed by atoms with Gasteiger partial charge in [-0.15, -0.1) is 0 Å². The molecule has 0 saturated carbocycles. The summed E-state index contributed by atoms with van der Waals surface area (Å²) in [6.45, 7) is 0. The molecule has 3 heteroatoms. The summed E-state index contributed by atoms with van der Waals surface area (Å²) in [5.41, 5.74) is 2.68. The number of amides is 1. The number of aromatic nitrogens is 1. The smallest absolute Gasteiger partial charge is 0.251 e. The Kier molecular flexibility index (Phi) is 4.79. The fourth-order valence-corrected chi connectivity index (χ4v) is 2.49. The second-order valence-electron chi connectivity index (χ2n) is 5.34. The van der Waals surface area contributed by atoms with Gasteiger partial charge < -0.3 is 5.32 Å². The lowest BCUT2D eigenvalue weighted by Crippen LogP contribution is -2.30. The zero-order chi connectivity index (χ0) is 15.9. The minimum Gasteiger partial charge on any atom is -0.343 e. The molecule has 0 radical (unpaired) electrons. The maximum absolute atomic E-state index is 12.5. The molecule has 0 aliphatic heterocycles. The third kappa shape index (κ3) is 4.04. The van der Waals surface area contributed by atoms with Crippen LogP contribution in [0.15, 0.2) is 85.1 Å². The number of carbonyl (C=O) groups is 1. The molecule has 114 valence electrons. The number of pyridine rings is 1. The number of benzene rings is 2. The molecule has 1 atom stereocenters. The Balaban J connectivity index is 1.82. The van der Waals surface area contributed by atoms with Gasteiger partial charge in [-0.1, -0.05) is 54.6 Å². The van der Waals surface area contributed by atoms with Crippen molar-refractivity contribution < 1.29 is 4.79 Å². The second kappa shape index (κ2) is 7.36. The van der Waals surface area contributed by atoms with E-state index in [1.807, 2.05) is 66.7 Å². The predicted octanol–water partition coefficient (Wildman–Crippen LogP) is 3.80. The molecule has 0 spiro atoms. The van der Waals surface area contributed by atoms with E-state index in [9.17, 15) is 4.79 Å². The SMILES string of the molecule is O=C(NC(Cc1ccccc1)c1ccccn1)c1ccccc1. The molecule has 3 rings (SSSR count). The lowest BCUT2D eigenvalue weighted by atomic mass is 10.0. The zero-order valence-electron chi connectivity index (χ0n) is 12.7. The van der Waals surface area contributed by atoms with Crippen LogP contribution in [0.25, 0.3) is 0 Å². The van der Waals surface area contributed by atoms with Crippen LogP contribution in [0.1, 0.15) is 27.7 Å². The molecule has 0 saturated heterocycles. The maximum Gasteiger partial charge on any atom is 0.251 e. The van der Waals surface area contributed by atoms with Crippen LogP contribution in [0.4, 0.5) is 0 Å². The molecule has 0 bridgehead atoms. The largest absolute Gasteiger partial charge is 0.343 e. The van der Waals surface area contributed by atoms with E-state index in [2.05, 4.69) is 22.4 Å². The Morgan fingerprint density at radius 3 is 2.17 bits per heavy atom. The van der Waals surface area contributed by atoms with E-state index in [4.69, 9.17) is 0 Å². The molecule has 1 amide bonds. The number of nitrogens with one attached hydrogen (secondary N) is 1. The molecular formula is C20H18N2O. The van der Waals surface area contributed by atoms with Gasteiger partial charge in [-0.25, -0.2) is 0 Å². The van der Waals surface area contributed by atoms with Gasteiger partial charge in [-0.05, 0) is 36.2 Å². The van der Waals surface area contributed by atoms with Crippen LogP contribution in [-0.4, -0.2) is 10.9 Å². The van der Waals surface area contributed by atoms with Crippen molar-refractivity contribution in [1.82, 2.24) is 10.3 Å². The minimum absolute atomic E-state index is 0.0859. The highest BCUT2D eigenvalue weighted by Gasteiger charge is 2.17. The fraction of sp³-hybridized carbons (Fsp3) is 0.100. The molecular weight excluding hydrogens is 284 g/mol. The van der Waals surface area contributed by atoms with E-state index in [0.717, 1.165) is 11.3 Å². The highest BCUT2D eigenvalue weighted by molar-refractivity contribution is 5.94. The van der Waals surface area contributed by atoms with Crippen LogP contribution in [0.5, 0.6) is 0 Å². The molecule has 23 heavy (non-hydrogen) atoms. The quantitative estimate of drug-likeness (QED) is 0.779. The average Bonchev–Trinajstić information content (AvgIpc) is 2.63. The van der Waals surface area contributed by atoms with Crippen LogP contribution in [0, 0.1) is 0 Å². The summed E-state index contributed by atoms with van der Waals surface area (Å²) in [6, 6.07) is 25.0. The van der Waals surface area contributed by atoms with E-state index < -0.39 is 0 Å². The van der Waals surface area contributed by atoms with Crippen LogP contribution in [0.2, 0.25) is 0 Å². The van der Waals surface area contributed by atoms with Gasteiger partial charge in [0.2, 0.25) is 0 Å².